The summed E-state index contributed by atoms with van der Waals surface area (Å²) in [6.07, 6.45) is 3.32. The molecule has 1 atom stereocenters. The standard InChI is InChI=1S/C17H22N4O3/c1-3-7-21-11-19-20-15(21)9-18-17(22)13-8-12-5-4-6-14(23-2)16(12)24-10-13/h4-6,11,13H,3,7-10H2,1-2H3,(H,18,22)/t13-/m1/s1. The maximum Gasteiger partial charge on any atom is 0.227 e. The van der Waals surface area contributed by atoms with Gasteiger partial charge in [-0.05, 0) is 24.5 Å². The lowest BCUT2D eigenvalue weighted by atomic mass is 9.95. The van der Waals surface area contributed by atoms with Crippen molar-refractivity contribution in [3.8, 4) is 11.5 Å². The number of carbonyl (C=O) groups excluding carboxylic acids is 1. The van der Waals surface area contributed by atoms with Gasteiger partial charge in [0, 0.05) is 6.54 Å². The van der Waals surface area contributed by atoms with Crippen LogP contribution in [-0.2, 0) is 24.3 Å². The zero-order valence-corrected chi connectivity index (χ0v) is 14.0. The highest BCUT2D eigenvalue weighted by molar-refractivity contribution is 5.79. The third-order valence-electron chi connectivity index (χ3n) is 4.13. The first-order valence-corrected chi connectivity index (χ1v) is 8.16. The van der Waals surface area contributed by atoms with Gasteiger partial charge in [0.25, 0.3) is 0 Å². The van der Waals surface area contributed by atoms with Gasteiger partial charge in [0.1, 0.15) is 12.9 Å². The van der Waals surface area contributed by atoms with Crippen LogP contribution in [0.2, 0.25) is 0 Å². The summed E-state index contributed by atoms with van der Waals surface area (Å²) in [6, 6.07) is 5.74. The minimum Gasteiger partial charge on any atom is -0.493 e. The highest BCUT2D eigenvalue weighted by atomic mass is 16.5. The van der Waals surface area contributed by atoms with Crippen LogP contribution in [0.15, 0.2) is 24.5 Å². The fourth-order valence-electron chi connectivity index (χ4n) is 2.88. The maximum atomic E-state index is 12.4. The predicted molar refractivity (Wildman–Crippen MR) is 87.8 cm³/mol. The first-order valence-electron chi connectivity index (χ1n) is 8.16. The Balaban J connectivity index is 1.61. The second-order valence-electron chi connectivity index (χ2n) is 5.82. The third-order valence-corrected chi connectivity index (χ3v) is 4.13. The Morgan fingerprint density at radius 2 is 2.38 bits per heavy atom. The monoisotopic (exact) mass is 330 g/mol. The topological polar surface area (TPSA) is 78.3 Å². The number of fused-ring (bicyclic) bond motifs is 1. The quantitative estimate of drug-likeness (QED) is 0.870. The Bertz CT molecular complexity index is 714. The molecule has 7 heteroatoms. The molecule has 1 aromatic carbocycles. The number of amides is 1. The highest BCUT2D eigenvalue weighted by Gasteiger charge is 2.27. The summed E-state index contributed by atoms with van der Waals surface area (Å²) in [6.45, 7) is 3.66. The molecule has 1 amide bonds. The second-order valence-corrected chi connectivity index (χ2v) is 5.82. The number of ether oxygens (including phenoxy) is 2. The first-order chi connectivity index (χ1) is 11.7. The van der Waals surface area contributed by atoms with Gasteiger partial charge in [-0.3, -0.25) is 4.79 Å². The number of aryl methyl sites for hydroxylation is 1. The van der Waals surface area contributed by atoms with Gasteiger partial charge in [0.05, 0.1) is 19.6 Å². The lowest BCUT2D eigenvalue weighted by Gasteiger charge is -2.25. The fourth-order valence-corrected chi connectivity index (χ4v) is 2.88. The Kier molecular flexibility index (Phi) is 4.98. The van der Waals surface area contributed by atoms with Gasteiger partial charge in [-0.25, -0.2) is 0 Å². The van der Waals surface area contributed by atoms with Crippen molar-refractivity contribution in [2.24, 2.45) is 5.92 Å². The lowest BCUT2D eigenvalue weighted by Crippen LogP contribution is -2.37. The van der Waals surface area contributed by atoms with Gasteiger partial charge < -0.3 is 19.4 Å². The molecule has 128 valence electrons. The third kappa shape index (κ3) is 3.34. The maximum absolute atomic E-state index is 12.4. The molecule has 0 saturated heterocycles. The van der Waals surface area contributed by atoms with Crippen LogP contribution in [0.25, 0.3) is 0 Å². The van der Waals surface area contributed by atoms with Gasteiger partial charge in [-0.1, -0.05) is 19.1 Å². The summed E-state index contributed by atoms with van der Waals surface area (Å²) in [5.74, 6) is 1.97. The van der Waals surface area contributed by atoms with Crippen LogP contribution in [0.5, 0.6) is 11.5 Å². The van der Waals surface area contributed by atoms with Gasteiger partial charge in [0.15, 0.2) is 17.3 Å². The molecule has 0 bridgehead atoms. The number of hydrogen-bond donors (Lipinski definition) is 1. The SMILES string of the molecule is CCCn1cnnc1CNC(=O)[C@H]1COc2c(cccc2OC)C1. The molecule has 0 radical (unpaired) electrons. The van der Waals surface area contributed by atoms with Crippen LogP contribution >= 0.6 is 0 Å². The minimum atomic E-state index is -0.216. The Labute approximate surface area is 141 Å². The van der Waals surface area contributed by atoms with Crippen LogP contribution < -0.4 is 14.8 Å². The van der Waals surface area contributed by atoms with E-state index >= 15 is 0 Å². The zero-order chi connectivity index (χ0) is 16.9. The normalized spacial score (nSPS) is 16.2. The van der Waals surface area contributed by atoms with Crippen LogP contribution in [0.1, 0.15) is 24.7 Å². The summed E-state index contributed by atoms with van der Waals surface area (Å²) >= 11 is 0. The van der Waals surface area contributed by atoms with E-state index in [4.69, 9.17) is 9.47 Å². The Hall–Kier alpha value is -2.57. The molecule has 7 nitrogen and oxygen atoms in total. The van der Waals surface area contributed by atoms with Crippen molar-refractivity contribution < 1.29 is 14.3 Å². The van der Waals surface area contributed by atoms with Crippen LogP contribution in [0.4, 0.5) is 0 Å². The van der Waals surface area contributed by atoms with Gasteiger partial charge in [-0.2, -0.15) is 0 Å². The summed E-state index contributed by atoms with van der Waals surface area (Å²) in [7, 11) is 1.62. The first kappa shape index (κ1) is 16.3. The van der Waals surface area contributed by atoms with Crippen molar-refractivity contribution in [3.05, 3.63) is 35.9 Å². The fraction of sp³-hybridized carbons (Fsp3) is 0.471. The molecule has 2 heterocycles. The Morgan fingerprint density at radius 3 is 3.17 bits per heavy atom. The van der Waals surface area contributed by atoms with E-state index in [0.717, 1.165) is 30.1 Å². The van der Waals surface area contributed by atoms with Gasteiger partial charge >= 0.3 is 0 Å². The van der Waals surface area contributed by atoms with E-state index in [0.29, 0.717) is 25.3 Å². The van der Waals surface area contributed by atoms with E-state index in [1.807, 2.05) is 22.8 Å². The highest BCUT2D eigenvalue weighted by Crippen LogP contribution is 2.35. The van der Waals surface area contributed by atoms with Crippen molar-refractivity contribution >= 4 is 5.91 Å². The number of methoxy groups -OCH3 is 1. The van der Waals surface area contributed by atoms with Crippen molar-refractivity contribution in [2.45, 2.75) is 32.9 Å². The number of nitrogens with one attached hydrogen (secondary N) is 1. The largest absolute Gasteiger partial charge is 0.493 e. The average molecular weight is 330 g/mol. The number of carbonyl (C=O) groups is 1. The minimum absolute atomic E-state index is 0.0329. The van der Waals surface area contributed by atoms with E-state index in [1.165, 1.54) is 0 Å². The molecule has 3 rings (SSSR count). The van der Waals surface area contributed by atoms with Crippen molar-refractivity contribution in [1.29, 1.82) is 0 Å². The smallest absolute Gasteiger partial charge is 0.227 e. The summed E-state index contributed by atoms with van der Waals surface area (Å²) in [4.78, 5) is 12.4. The molecule has 1 aromatic heterocycles. The van der Waals surface area contributed by atoms with E-state index < -0.39 is 0 Å². The molecule has 0 spiro atoms. The van der Waals surface area contributed by atoms with E-state index in [9.17, 15) is 4.79 Å². The van der Waals surface area contributed by atoms with Gasteiger partial charge in [-0.15, -0.1) is 10.2 Å². The molecule has 0 saturated carbocycles. The molecule has 0 fully saturated rings. The average Bonchev–Trinajstić information content (AvgIpc) is 3.06. The van der Waals surface area contributed by atoms with Crippen LogP contribution in [-0.4, -0.2) is 34.4 Å². The van der Waals surface area contributed by atoms with Crippen molar-refractivity contribution in [2.75, 3.05) is 13.7 Å². The molecular weight excluding hydrogens is 308 g/mol. The molecule has 0 aliphatic carbocycles. The molecule has 2 aromatic rings. The predicted octanol–water partition coefficient (Wildman–Crippen LogP) is 1.56. The summed E-state index contributed by atoms with van der Waals surface area (Å²) in [5, 5.41) is 10.9. The molecular formula is C17H22N4O3. The number of para-hydroxylation sites is 1. The van der Waals surface area contributed by atoms with Gasteiger partial charge in [0.2, 0.25) is 5.91 Å². The van der Waals surface area contributed by atoms with Crippen molar-refractivity contribution in [1.82, 2.24) is 20.1 Å². The molecule has 1 aliphatic heterocycles. The Morgan fingerprint density at radius 1 is 1.50 bits per heavy atom. The molecule has 1 N–H and O–H groups in total. The van der Waals surface area contributed by atoms with E-state index in [2.05, 4.69) is 22.4 Å². The van der Waals surface area contributed by atoms with E-state index in [1.54, 1.807) is 13.4 Å². The van der Waals surface area contributed by atoms with E-state index in [-0.39, 0.29) is 11.8 Å². The lowest BCUT2D eigenvalue weighted by molar-refractivity contribution is -0.126. The van der Waals surface area contributed by atoms with Crippen LogP contribution in [0, 0.1) is 5.92 Å². The number of nitrogens with zero attached hydrogens (tertiary/aromatic N) is 3. The summed E-state index contributed by atoms with van der Waals surface area (Å²) in [5.41, 5.74) is 0.995. The molecule has 24 heavy (non-hydrogen) atoms. The summed E-state index contributed by atoms with van der Waals surface area (Å²) < 4.78 is 13.0. The van der Waals surface area contributed by atoms with Crippen molar-refractivity contribution in [3.63, 3.8) is 0 Å². The number of hydrogen-bond acceptors (Lipinski definition) is 5. The molecule has 1 aliphatic rings. The zero-order valence-electron chi connectivity index (χ0n) is 14.0. The van der Waals surface area contributed by atoms with Crippen LogP contribution in [0.3, 0.4) is 0 Å². The second kappa shape index (κ2) is 7.33. The number of aromatic nitrogens is 3. The molecule has 0 unspecified atom stereocenters. The number of rotatable bonds is 6. The number of benzene rings is 1.